The van der Waals surface area contributed by atoms with Crippen molar-refractivity contribution in [3.63, 3.8) is 0 Å². The van der Waals surface area contributed by atoms with Crippen LogP contribution in [0.25, 0.3) is 0 Å². The fourth-order valence-corrected chi connectivity index (χ4v) is 3.18. The zero-order chi connectivity index (χ0) is 11.5. The Morgan fingerprint density at radius 3 is 3.12 bits per heavy atom. The van der Waals surface area contributed by atoms with Crippen LogP contribution in [-0.2, 0) is 6.42 Å². The number of hydrogen-bond donors (Lipinski definition) is 1. The second kappa shape index (κ2) is 5.30. The summed E-state index contributed by atoms with van der Waals surface area (Å²) in [6.45, 7) is 3.34. The summed E-state index contributed by atoms with van der Waals surface area (Å²) < 4.78 is 0. The van der Waals surface area contributed by atoms with Crippen LogP contribution < -0.4 is 5.32 Å². The average molecular weight is 238 g/mol. The number of fused-ring (bicyclic) bond motifs is 1. The lowest BCUT2D eigenvalue weighted by Gasteiger charge is -2.27. The monoisotopic (exact) mass is 238 g/mol. The van der Waals surface area contributed by atoms with Crippen LogP contribution in [0.15, 0.2) is 11.4 Å². The molecule has 1 aromatic heterocycles. The molecule has 1 heterocycles. The number of likely N-dealkylation sites (N-methyl/N-ethyl adjacent to an activating group) is 1. The van der Waals surface area contributed by atoms with E-state index in [1.54, 1.807) is 10.4 Å². The number of nitrogens with zero attached hydrogens (tertiary/aromatic N) is 1. The molecule has 0 saturated heterocycles. The molecule has 0 radical (unpaired) electrons. The van der Waals surface area contributed by atoms with Crippen molar-refractivity contribution < 1.29 is 0 Å². The first-order valence-electron chi connectivity index (χ1n) is 6.14. The maximum atomic E-state index is 3.71. The molecule has 1 aliphatic carbocycles. The van der Waals surface area contributed by atoms with Gasteiger partial charge in [0.15, 0.2) is 0 Å². The van der Waals surface area contributed by atoms with Crippen molar-refractivity contribution in [3.05, 3.63) is 21.9 Å². The molecule has 1 aliphatic rings. The maximum absolute atomic E-state index is 3.71. The summed E-state index contributed by atoms with van der Waals surface area (Å²) in [6.07, 6.45) is 3.92. The second-order valence-electron chi connectivity index (χ2n) is 4.96. The fourth-order valence-electron chi connectivity index (χ4n) is 2.19. The zero-order valence-electron chi connectivity index (χ0n) is 10.5. The Kier molecular flexibility index (Phi) is 4.00. The molecule has 0 bridgehead atoms. The van der Waals surface area contributed by atoms with Crippen LogP contribution in [0.4, 0.5) is 0 Å². The van der Waals surface area contributed by atoms with E-state index in [0.29, 0.717) is 12.1 Å². The highest BCUT2D eigenvalue weighted by Crippen LogP contribution is 2.33. The molecule has 2 unspecified atom stereocenters. The van der Waals surface area contributed by atoms with E-state index in [1.807, 2.05) is 11.3 Å². The van der Waals surface area contributed by atoms with E-state index in [2.05, 4.69) is 42.7 Å². The lowest BCUT2D eigenvalue weighted by molar-refractivity contribution is 0.288. The van der Waals surface area contributed by atoms with Gasteiger partial charge in [0.1, 0.15) is 0 Å². The first-order valence-corrected chi connectivity index (χ1v) is 7.02. The molecule has 2 rings (SSSR count). The molecule has 0 aliphatic heterocycles. The van der Waals surface area contributed by atoms with Gasteiger partial charge in [-0.05, 0) is 57.3 Å². The Labute approximate surface area is 103 Å². The van der Waals surface area contributed by atoms with E-state index >= 15 is 0 Å². The van der Waals surface area contributed by atoms with Gasteiger partial charge in [-0.25, -0.2) is 0 Å². The van der Waals surface area contributed by atoms with E-state index in [1.165, 1.54) is 19.3 Å². The van der Waals surface area contributed by atoms with Crippen LogP contribution in [0.5, 0.6) is 0 Å². The minimum atomic E-state index is 0.595. The molecule has 2 atom stereocenters. The number of hydrogen-bond acceptors (Lipinski definition) is 3. The summed E-state index contributed by atoms with van der Waals surface area (Å²) in [6, 6.07) is 3.50. The molecule has 1 aromatic rings. The van der Waals surface area contributed by atoms with Gasteiger partial charge in [-0.1, -0.05) is 0 Å². The van der Waals surface area contributed by atoms with Crippen LogP contribution in [0.1, 0.15) is 36.2 Å². The molecule has 16 heavy (non-hydrogen) atoms. The SMILES string of the molecule is CC(CNC1CCCc2sccc21)N(C)C. The van der Waals surface area contributed by atoms with Crippen molar-refractivity contribution in [1.29, 1.82) is 0 Å². The first kappa shape index (κ1) is 12.1. The molecule has 0 spiro atoms. The van der Waals surface area contributed by atoms with Gasteiger partial charge in [0.2, 0.25) is 0 Å². The van der Waals surface area contributed by atoms with E-state index in [4.69, 9.17) is 0 Å². The Morgan fingerprint density at radius 2 is 2.38 bits per heavy atom. The molecule has 1 N–H and O–H groups in total. The molecule has 0 fully saturated rings. The topological polar surface area (TPSA) is 15.3 Å². The van der Waals surface area contributed by atoms with Crippen molar-refractivity contribution >= 4 is 11.3 Å². The van der Waals surface area contributed by atoms with E-state index in [-0.39, 0.29) is 0 Å². The van der Waals surface area contributed by atoms with Crippen LogP contribution in [-0.4, -0.2) is 31.6 Å². The molecule has 0 amide bonds. The molecular formula is C13H22N2S. The fraction of sp³-hybridized carbons (Fsp3) is 0.692. The van der Waals surface area contributed by atoms with Crippen molar-refractivity contribution in [3.8, 4) is 0 Å². The Balaban J connectivity index is 1.93. The van der Waals surface area contributed by atoms with Gasteiger partial charge in [-0.15, -0.1) is 11.3 Å². The van der Waals surface area contributed by atoms with Crippen molar-refractivity contribution in [1.82, 2.24) is 10.2 Å². The predicted octanol–water partition coefficient (Wildman–Crippen LogP) is 2.67. The third-order valence-electron chi connectivity index (χ3n) is 3.59. The van der Waals surface area contributed by atoms with Gasteiger partial charge in [-0.3, -0.25) is 0 Å². The summed E-state index contributed by atoms with van der Waals surface area (Å²) in [4.78, 5) is 3.87. The number of aryl methyl sites for hydroxylation is 1. The van der Waals surface area contributed by atoms with Gasteiger partial charge in [-0.2, -0.15) is 0 Å². The summed E-state index contributed by atoms with van der Waals surface area (Å²) >= 11 is 1.92. The standard InChI is InChI=1S/C13H22N2S/c1-10(15(2)3)9-14-12-5-4-6-13-11(12)7-8-16-13/h7-8,10,12,14H,4-6,9H2,1-3H3. The summed E-state index contributed by atoms with van der Waals surface area (Å²) in [5.41, 5.74) is 1.56. The number of thiophene rings is 1. The van der Waals surface area contributed by atoms with Crippen molar-refractivity contribution in [2.45, 2.75) is 38.3 Å². The smallest absolute Gasteiger partial charge is 0.0332 e. The van der Waals surface area contributed by atoms with Crippen LogP contribution >= 0.6 is 11.3 Å². The largest absolute Gasteiger partial charge is 0.308 e. The highest BCUT2D eigenvalue weighted by atomic mass is 32.1. The average Bonchev–Trinajstić information content (AvgIpc) is 2.73. The highest BCUT2D eigenvalue weighted by molar-refractivity contribution is 7.10. The Hall–Kier alpha value is -0.380. The van der Waals surface area contributed by atoms with Gasteiger partial charge in [0.25, 0.3) is 0 Å². The van der Waals surface area contributed by atoms with Gasteiger partial charge >= 0.3 is 0 Å². The second-order valence-corrected chi connectivity index (χ2v) is 5.97. The van der Waals surface area contributed by atoms with E-state index in [0.717, 1.165) is 6.54 Å². The van der Waals surface area contributed by atoms with Crippen LogP contribution in [0, 0.1) is 0 Å². The van der Waals surface area contributed by atoms with Gasteiger partial charge in [0, 0.05) is 23.5 Å². The van der Waals surface area contributed by atoms with Gasteiger partial charge in [0.05, 0.1) is 0 Å². The third-order valence-corrected chi connectivity index (χ3v) is 4.59. The van der Waals surface area contributed by atoms with E-state index in [9.17, 15) is 0 Å². The molecule has 2 nitrogen and oxygen atoms in total. The number of rotatable bonds is 4. The van der Waals surface area contributed by atoms with Crippen molar-refractivity contribution in [2.75, 3.05) is 20.6 Å². The predicted molar refractivity (Wildman–Crippen MR) is 71.1 cm³/mol. The number of nitrogens with one attached hydrogen (secondary N) is 1. The Morgan fingerprint density at radius 1 is 1.56 bits per heavy atom. The lowest BCUT2D eigenvalue weighted by Crippen LogP contribution is -2.37. The molecule has 0 aromatic carbocycles. The van der Waals surface area contributed by atoms with E-state index < -0.39 is 0 Å². The zero-order valence-corrected chi connectivity index (χ0v) is 11.3. The quantitative estimate of drug-likeness (QED) is 0.867. The Bertz CT molecular complexity index is 332. The minimum absolute atomic E-state index is 0.595. The van der Waals surface area contributed by atoms with Gasteiger partial charge < -0.3 is 10.2 Å². The summed E-state index contributed by atoms with van der Waals surface area (Å²) in [5, 5.41) is 5.95. The van der Waals surface area contributed by atoms with Crippen molar-refractivity contribution in [2.24, 2.45) is 0 Å². The minimum Gasteiger partial charge on any atom is -0.308 e. The molecule has 0 saturated carbocycles. The summed E-state index contributed by atoms with van der Waals surface area (Å²) in [7, 11) is 4.28. The maximum Gasteiger partial charge on any atom is 0.0332 e. The first-order chi connectivity index (χ1) is 7.68. The summed E-state index contributed by atoms with van der Waals surface area (Å²) in [5.74, 6) is 0. The molecule has 90 valence electrons. The molecular weight excluding hydrogens is 216 g/mol. The highest BCUT2D eigenvalue weighted by Gasteiger charge is 2.21. The normalized spacial score (nSPS) is 22.1. The molecule has 3 heteroatoms. The third kappa shape index (κ3) is 2.65. The van der Waals surface area contributed by atoms with Crippen LogP contribution in [0.2, 0.25) is 0 Å². The lowest BCUT2D eigenvalue weighted by atomic mass is 9.94. The van der Waals surface area contributed by atoms with Crippen LogP contribution in [0.3, 0.4) is 0 Å².